The lowest BCUT2D eigenvalue weighted by Crippen LogP contribution is -2.34. The predicted molar refractivity (Wildman–Crippen MR) is 84.6 cm³/mol. The first-order valence-corrected chi connectivity index (χ1v) is 6.81. The van der Waals surface area contributed by atoms with Gasteiger partial charge < -0.3 is 15.4 Å². The number of ether oxygens (including phenoxy) is 1. The zero-order valence-corrected chi connectivity index (χ0v) is 13.3. The lowest BCUT2D eigenvalue weighted by Gasteiger charge is -2.22. The topological polar surface area (TPSA) is 98.7 Å². The summed E-state index contributed by atoms with van der Waals surface area (Å²) in [7, 11) is 1.44. The van der Waals surface area contributed by atoms with Crippen LogP contribution in [0.5, 0.6) is 5.75 Å². The number of halogens is 1. The summed E-state index contributed by atoms with van der Waals surface area (Å²) in [6.45, 7) is 3.06. The van der Waals surface area contributed by atoms with Crippen LogP contribution in [-0.4, -0.2) is 42.0 Å². The molecule has 0 spiro atoms. The van der Waals surface area contributed by atoms with Crippen LogP contribution in [0.2, 0.25) is 0 Å². The molecule has 2 unspecified atom stereocenters. The molecular weight excluding hydrogens is 310 g/mol. The van der Waals surface area contributed by atoms with Crippen LogP contribution < -0.4 is 10.5 Å². The van der Waals surface area contributed by atoms with Gasteiger partial charge in [0.25, 0.3) is 11.6 Å². The average molecular weight is 330 g/mol. The zero-order valence-electron chi connectivity index (χ0n) is 12.5. The molecule has 2 rings (SSSR count). The van der Waals surface area contributed by atoms with Gasteiger partial charge in [-0.05, 0) is 31.9 Å². The number of nitrogens with zero attached hydrogens (tertiary/aromatic N) is 2. The highest BCUT2D eigenvalue weighted by Gasteiger charge is 2.33. The molecule has 2 atom stereocenters. The molecule has 1 saturated heterocycles. The fourth-order valence-corrected chi connectivity index (χ4v) is 2.73. The lowest BCUT2D eigenvalue weighted by molar-refractivity contribution is -0.384. The maximum Gasteiger partial charge on any atom is 0.270 e. The monoisotopic (exact) mass is 329 g/mol. The zero-order chi connectivity index (χ0) is 15.6. The Kier molecular flexibility index (Phi) is 6.13. The quantitative estimate of drug-likeness (QED) is 0.671. The SMILES string of the molecule is COc1ccc([N+](=O)[O-])cc1C(=O)N1CC(CN)CC1C.Cl. The fraction of sp³-hybridized carbons (Fsp3) is 0.500. The molecule has 1 aliphatic rings. The molecule has 1 aromatic carbocycles. The summed E-state index contributed by atoms with van der Waals surface area (Å²) in [6.07, 6.45) is 0.847. The Bertz CT molecular complexity index is 567. The van der Waals surface area contributed by atoms with Crippen LogP contribution in [0.1, 0.15) is 23.7 Å². The second-order valence-corrected chi connectivity index (χ2v) is 5.29. The average Bonchev–Trinajstić information content (AvgIpc) is 2.86. The number of nitro groups is 1. The maximum absolute atomic E-state index is 12.7. The number of rotatable bonds is 4. The molecule has 122 valence electrons. The maximum atomic E-state index is 12.7. The molecule has 7 nitrogen and oxygen atoms in total. The Balaban J connectivity index is 0.00000242. The van der Waals surface area contributed by atoms with E-state index in [4.69, 9.17) is 10.5 Å². The highest BCUT2D eigenvalue weighted by atomic mass is 35.5. The van der Waals surface area contributed by atoms with E-state index in [1.807, 2.05) is 6.92 Å². The molecule has 0 bridgehead atoms. The van der Waals surface area contributed by atoms with Gasteiger partial charge in [-0.15, -0.1) is 12.4 Å². The van der Waals surface area contributed by atoms with E-state index < -0.39 is 4.92 Å². The van der Waals surface area contributed by atoms with Crippen molar-refractivity contribution in [1.82, 2.24) is 4.90 Å². The second kappa shape index (κ2) is 7.42. The van der Waals surface area contributed by atoms with Gasteiger partial charge in [-0.1, -0.05) is 0 Å². The minimum absolute atomic E-state index is 0. The summed E-state index contributed by atoms with van der Waals surface area (Å²) in [5, 5.41) is 10.9. The van der Waals surface area contributed by atoms with Crippen LogP contribution in [-0.2, 0) is 0 Å². The second-order valence-electron chi connectivity index (χ2n) is 5.29. The van der Waals surface area contributed by atoms with E-state index >= 15 is 0 Å². The van der Waals surface area contributed by atoms with Crippen molar-refractivity contribution in [2.75, 3.05) is 20.2 Å². The van der Waals surface area contributed by atoms with E-state index in [0.29, 0.717) is 18.8 Å². The molecule has 1 heterocycles. The molecular formula is C14H20ClN3O4. The highest BCUT2D eigenvalue weighted by Crippen LogP contribution is 2.29. The standard InChI is InChI=1S/C14H19N3O4.ClH/c1-9-5-10(7-15)8-16(9)14(18)12-6-11(17(19)20)3-4-13(12)21-2;/h3-4,6,9-10H,5,7-8,15H2,1-2H3;1H. The first-order chi connectivity index (χ1) is 9.97. The van der Waals surface area contributed by atoms with Gasteiger partial charge in [-0.2, -0.15) is 0 Å². The number of amides is 1. The molecule has 0 radical (unpaired) electrons. The molecule has 0 aromatic heterocycles. The molecule has 0 saturated carbocycles. The van der Waals surface area contributed by atoms with Crippen LogP contribution in [0.15, 0.2) is 18.2 Å². The third-order valence-corrected chi connectivity index (χ3v) is 3.88. The summed E-state index contributed by atoms with van der Waals surface area (Å²) >= 11 is 0. The number of likely N-dealkylation sites (tertiary alicyclic amines) is 1. The van der Waals surface area contributed by atoms with Crippen molar-refractivity contribution in [2.45, 2.75) is 19.4 Å². The minimum atomic E-state index is -0.522. The van der Waals surface area contributed by atoms with Crippen molar-refractivity contribution in [1.29, 1.82) is 0 Å². The van der Waals surface area contributed by atoms with Gasteiger partial charge in [0.1, 0.15) is 5.75 Å². The molecule has 8 heteroatoms. The summed E-state index contributed by atoms with van der Waals surface area (Å²) in [5.41, 5.74) is 5.76. The van der Waals surface area contributed by atoms with Crippen LogP contribution >= 0.6 is 12.4 Å². The van der Waals surface area contributed by atoms with Gasteiger partial charge in [0.15, 0.2) is 0 Å². The molecule has 0 aliphatic carbocycles. The Morgan fingerprint density at radius 2 is 2.23 bits per heavy atom. The number of benzene rings is 1. The molecule has 22 heavy (non-hydrogen) atoms. The van der Waals surface area contributed by atoms with E-state index in [0.717, 1.165) is 6.42 Å². The van der Waals surface area contributed by atoms with E-state index in [9.17, 15) is 14.9 Å². The number of nitrogens with two attached hydrogens (primary N) is 1. The Morgan fingerprint density at radius 1 is 1.55 bits per heavy atom. The Hall–Kier alpha value is -1.86. The summed E-state index contributed by atoms with van der Waals surface area (Å²) < 4.78 is 5.15. The molecule has 1 fully saturated rings. The Labute approximate surface area is 135 Å². The van der Waals surface area contributed by atoms with E-state index in [1.165, 1.54) is 25.3 Å². The molecule has 2 N–H and O–H groups in total. The van der Waals surface area contributed by atoms with Gasteiger partial charge >= 0.3 is 0 Å². The number of nitro benzene ring substituents is 1. The minimum Gasteiger partial charge on any atom is -0.496 e. The normalized spacial score (nSPS) is 20.4. The van der Waals surface area contributed by atoms with E-state index in [1.54, 1.807) is 4.90 Å². The number of carbonyl (C=O) groups is 1. The van der Waals surface area contributed by atoms with Crippen molar-refractivity contribution >= 4 is 24.0 Å². The summed E-state index contributed by atoms with van der Waals surface area (Å²) in [5.74, 6) is 0.363. The van der Waals surface area contributed by atoms with Crippen molar-refractivity contribution in [3.63, 3.8) is 0 Å². The van der Waals surface area contributed by atoms with Crippen molar-refractivity contribution < 1.29 is 14.5 Å². The van der Waals surface area contributed by atoms with Gasteiger partial charge in [-0.25, -0.2) is 0 Å². The van der Waals surface area contributed by atoms with Crippen LogP contribution in [0.25, 0.3) is 0 Å². The van der Waals surface area contributed by atoms with Crippen molar-refractivity contribution in [2.24, 2.45) is 11.7 Å². The van der Waals surface area contributed by atoms with Gasteiger partial charge in [-0.3, -0.25) is 14.9 Å². The number of hydrogen-bond acceptors (Lipinski definition) is 5. The molecule has 1 amide bonds. The third-order valence-electron chi connectivity index (χ3n) is 3.88. The number of hydrogen-bond donors (Lipinski definition) is 1. The van der Waals surface area contributed by atoms with Gasteiger partial charge in [0, 0.05) is 24.7 Å². The molecule has 1 aromatic rings. The first kappa shape index (κ1) is 18.2. The summed E-state index contributed by atoms with van der Waals surface area (Å²) in [6, 6.07) is 4.11. The smallest absolute Gasteiger partial charge is 0.270 e. The highest BCUT2D eigenvalue weighted by molar-refractivity contribution is 5.98. The van der Waals surface area contributed by atoms with Gasteiger partial charge in [0.2, 0.25) is 0 Å². The van der Waals surface area contributed by atoms with Crippen LogP contribution in [0.4, 0.5) is 5.69 Å². The van der Waals surface area contributed by atoms with E-state index in [-0.39, 0.29) is 41.5 Å². The van der Waals surface area contributed by atoms with Crippen LogP contribution in [0, 0.1) is 16.0 Å². The third kappa shape index (κ3) is 3.48. The van der Waals surface area contributed by atoms with Crippen molar-refractivity contribution in [3.05, 3.63) is 33.9 Å². The van der Waals surface area contributed by atoms with E-state index in [2.05, 4.69) is 0 Å². The summed E-state index contributed by atoms with van der Waals surface area (Å²) in [4.78, 5) is 24.7. The number of methoxy groups -OCH3 is 1. The first-order valence-electron chi connectivity index (χ1n) is 6.81. The van der Waals surface area contributed by atoms with Gasteiger partial charge in [0.05, 0.1) is 17.6 Å². The lowest BCUT2D eigenvalue weighted by atomic mass is 10.1. The number of non-ortho nitro benzene ring substituents is 1. The fourth-order valence-electron chi connectivity index (χ4n) is 2.73. The number of carbonyl (C=O) groups excluding carboxylic acids is 1. The van der Waals surface area contributed by atoms with Crippen molar-refractivity contribution in [3.8, 4) is 5.75 Å². The largest absolute Gasteiger partial charge is 0.496 e. The molecule has 1 aliphatic heterocycles. The predicted octanol–water partition coefficient (Wildman–Crippen LogP) is 1.83. The van der Waals surface area contributed by atoms with Crippen LogP contribution in [0.3, 0.4) is 0 Å². The Morgan fingerprint density at radius 3 is 2.73 bits per heavy atom.